The highest BCUT2D eigenvalue weighted by Crippen LogP contribution is 2.40. The van der Waals surface area contributed by atoms with E-state index in [4.69, 9.17) is 0 Å². The maximum absolute atomic E-state index is 15.3. The number of alkyl halides is 2. The third kappa shape index (κ3) is 9.03. The zero-order valence-electron chi connectivity index (χ0n) is 28.1. The van der Waals surface area contributed by atoms with Gasteiger partial charge >= 0.3 is 18.2 Å². The fraction of sp³-hybridized carbons (Fsp3) is 0.200. The maximum atomic E-state index is 15.3. The van der Waals surface area contributed by atoms with Gasteiger partial charge in [0.2, 0.25) is 5.75 Å². The zero-order valence-corrected chi connectivity index (χ0v) is 28.1. The Kier molecular flexibility index (Phi) is 12.3. The quantitative estimate of drug-likeness (QED) is 0.0636. The Hall–Kier alpha value is -5.40. The first kappa shape index (κ1) is 39.8. The molecule has 0 fully saturated rings. The van der Waals surface area contributed by atoms with Crippen molar-refractivity contribution in [3.63, 3.8) is 0 Å². The summed E-state index contributed by atoms with van der Waals surface area (Å²) in [5, 5.41) is 0. The Morgan fingerprint density at radius 2 is 1.09 bits per heavy atom. The Morgan fingerprint density at radius 3 is 1.65 bits per heavy atom. The highest BCUT2D eigenvalue weighted by atomic mass is 19.3. The fourth-order valence-electron chi connectivity index (χ4n) is 5.75. The summed E-state index contributed by atoms with van der Waals surface area (Å²) < 4.78 is 179. The van der Waals surface area contributed by atoms with E-state index in [0.29, 0.717) is 23.3 Å². The van der Waals surface area contributed by atoms with E-state index in [1.54, 1.807) is 6.07 Å². The first-order chi connectivity index (χ1) is 25.6. The highest BCUT2D eigenvalue weighted by molar-refractivity contribution is 5.75. The van der Waals surface area contributed by atoms with Gasteiger partial charge in [-0.3, -0.25) is 0 Å². The summed E-state index contributed by atoms with van der Waals surface area (Å²) in [4.78, 5) is 0. The lowest BCUT2D eigenvalue weighted by atomic mass is 9.95. The largest absolute Gasteiger partial charge is 0.432 e. The predicted molar refractivity (Wildman–Crippen MR) is 177 cm³/mol. The molecule has 0 spiro atoms. The monoisotopic (exact) mass is 768 g/mol. The van der Waals surface area contributed by atoms with Crippen molar-refractivity contribution in [2.24, 2.45) is 0 Å². The number of benzene rings is 5. The van der Waals surface area contributed by atoms with Crippen LogP contribution in [0.1, 0.15) is 50.2 Å². The summed E-state index contributed by atoms with van der Waals surface area (Å²) in [5.41, 5.74) is -2.24. The van der Waals surface area contributed by atoms with E-state index in [0.717, 1.165) is 31.2 Å². The molecule has 0 atom stereocenters. The van der Waals surface area contributed by atoms with Gasteiger partial charge in [-0.1, -0.05) is 69.0 Å². The topological polar surface area (TPSA) is 18.5 Å². The van der Waals surface area contributed by atoms with E-state index in [-0.39, 0.29) is 35.4 Å². The van der Waals surface area contributed by atoms with E-state index in [1.807, 2.05) is 24.3 Å². The summed E-state index contributed by atoms with van der Waals surface area (Å²) in [6, 6.07) is 10.4. The van der Waals surface area contributed by atoms with Crippen LogP contribution in [0.4, 0.5) is 52.7 Å². The summed E-state index contributed by atoms with van der Waals surface area (Å²) in [6.45, 7) is 2.14. The number of aryl methyl sites for hydroxylation is 1. The molecule has 0 unspecified atom stereocenters. The van der Waals surface area contributed by atoms with Crippen LogP contribution in [0.15, 0.2) is 91.0 Å². The first-order valence-corrected chi connectivity index (χ1v) is 16.4. The standard InChI is InChI=1S/C40H28F12O2/c1-2-3-4-5-6-7-21-8-10-22(11-9-21)23-12-13-27(28(41)14-23)24-15-29(42)35(30(43)16-24)25-17-31(44)36(32(45)18-25)40(51,52)54-26-19-33(46)37(34(47)20-26)53-39(50)38(48)49/h8-20H,2-7H2,1H3. The highest BCUT2D eigenvalue weighted by Gasteiger charge is 2.42. The maximum Gasteiger partial charge on any atom is 0.432 e. The molecule has 0 radical (unpaired) electrons. The summed E-state index contributed by atoms with van der Waals surface area (Å²) >= 11 is 0. The lowest BCUT2D eigenvalue weighted by Gasteiger charge is -2.20. The van der Waals surface area contributed by atoms with Gasteiger partial charge in [-0.05, 0) is 71.0 Å². The Labute approximate surface area is 301 Å². The van der Waals surface area contributed by atoms with Crippen molar-refractivity contribution < 1.29 is 62.2 Å². The molecule has 0 aromatic heterocycles. The molecule has 5 aromatic carbocycles. The molecule has 0 aliphatic rings. The summed E-state index contributed by atoms with van der Waals surface area (Å²) in [6.07, 6.45) is -1.53. The number of unbranched alkanes of at least 4 members (excludes halogenated alkanes) is 4. The second-order valence-electron chi connectivity index (χ2n) is 12.2. The minimum absolute atomic E-state index is 0.0727. The van der Waals surface area contributed by atoms with Crippen molar-refractivity contribution in [2.45, 2.75) is 51.6 Å². The lowest BCUT2D eigenvalue weighted by molar-refractivity contribution is -0.189. The van der Waals surface area contributed by atoms with Crippen molar-refractivity contribution in [2.75, 3.05) is 0 Å². The third-order valence-electron chi connectivity index (χ3n) is 8.36. The van der Waals surface area contributed by atoms with Crippen LogP contribution in [-0.4, -0.2) is 0 Å². The van der Waals surface area contributed by atoms with Crippen LogP contribution < -0.4 is 9.47 Å². The van der Waals surface area contributed by atoms with Crippen molar-refractivity contribution in [1.82, 2.24) is 0 Å². The van der Waals surface area contributed by atoms with Gasteiger partial charge in [-0.2, -0.15) is 22.0 Å². The predicted octanol–water partition coefficient (Wildman–Crippen LogP) is 13.7. The molecule has 284 valence electrons. The Balaban J connectivity index is 1.35. The van der Waals surface area contributed by atoms with Gasteiger partial charge in [0.15, 0.2) is 11.6 Å². The van der Waals surface area contributed by atoms with E-state index < -0.39 is 87.1 Å². The zero-order chi connectivity index (χ0) is 39.3. The second-order valence-corrected chi connectivity index (χ2v) is 12.2. The smallest absolute Gasteiger partial charge is 0.429 e. The number of hydrogen-bond acceptors (Lipinski definition) is 2. The molecule has 0 amide bonds. The molecular weight excluding hydrogens is 740 g/mol. The summed E-state index contributed by atoms with van der Waals surface area (Å²) in [7, 11) is 0. The fourth-order valence-corrected chi connectivity index (χ4v) is 5.75. The van der Waals surface area contributed by atoms with Crippen molar-refractivity contribution in [3.05, 3.63) is 143 Å². The molecule has 5 rings (SSSR count). The Morgan fingerprint density at radius 1 is 0.556 bits per heavy atom. The molecule has 0 bridgehead atoms. The first-order valence-electron chi connectivity index (χ1n) is 16.4. The minimum atomic E-state index is -5.04. The van der Waals surface area contributed by atoms with E-state index >= 15 is 22.0 Å². The molecule has 0 saturated heterocycles. The minimum Gasteiger partial charge on any atom is -0.429 e. The van der Waals surface area contributed by atoms with Crippen molar-refractivity contribution in [3.8, 4) is 44.9 Å². The average Bonchev–Trinajstić information content (AvgIpc) is 3.09. The third-order valence-corrected chi connectivity index (χ3v) is 8.36. The van der Waals surface area contributed by atoms with E-state index in [1.165, 1.54) is 25.0 Å². The Bertz CT molecular complexity index is 2110. The molecule has 2 nitrogen and oxygen atoms in total. The van der Waals surface area contributed by atoms with Gasteiger partial charge in [-0.25, -0.2) is 30.7 Å². The van der Waals surface area contributed by atoms with Crippen LogP contribution in [0.25, 0.3) is 33.4 Å². The van der Waals surface area contributed by atoms with Crippen LogP contribution in [0.2, 0.25) is 0 Å². The molecule has 54 heavy (non-hydrogen) atoms. The van der Waals surface area contributed by atoms with E-state index in [2.05, 4.69) is 16.4 Å². The molecule has 0 saturated carbocycles. The molecule has 0 aliphatic carbocycles. The van der Waals surface area contributed by atoms with Crippen LogP contribution in [0.5, 0.6) is 11.5 Å². The number of halogens is 12. The van der Waals surface area contributed by atoms with Crippen LogP contribution >= 0.6 is 0 Å². The molecule has 5 aromatic rings. The number of ether oxygens (including phenoxy) is 2. The van der Waals surface area contributed by atoms with Crippen LogP contribution in [0.3, 0.4) is 0 Å². The second kappa shape index (κ2) is 16.7. The van der Waals surface area contributed by atoms with Crippen LogP contribution in [0, 0.1) is 40.7 Å². The normalized spacial score (nSPS) is 11.5. The summed E-state index contributed by atoms with van der Waals surface area (Å²) in [5.74, 6) is -15.1. The lowest BCUT2D eigenvalue weighted by Crippen LogP contribution is -2.25. The van der Waals surface area contributed by atoms with E-state index in [9.17, 15) is 30.7 Å². The van der Waals surface area contributed by atoms with Crippen LogP contribution in [-0.2, 0) is 12.5 Å². The average molecular weight is 769 g/mol. The molecule has 0 heterocycles. The number of rotatable bonds is 14. The van der Waals surface area contributed by atoms with Gasteiger partial charge in [0, 0.05) is 17.7 Å². The molecule has 0 aliphatic heterocycles. The SMILES string of the molecule is CCCCCCCc1ccc(-c2ccc(-c3cc(F)c(-c4cc(F)c(C(F)(F)Oc5cc(F)c(OC(F)=C(F)F)c(F)c5)c(F)c4)c(F)c3)c(F)c2)cc1. The van der Waals surface area contributed by atoms with Crippen molar-refractivity contribution in [1.29, 1.82) is 0 Å². The molecule has 14 heteroatoms. The van der Waals surface area contributed by atoms with Gasteiger partial charge in [-0.15, -0.1) is 0 Å². The van der Waals surface area contributed by atoms with Gasteiger partial charge in [0.05, 0.1) is 5.56 Å². The van der Waals surface area contributed by atoms with Crippen molar-refractivity contribution >= 4 is 0 Å². The number of hydrogen-bond donors (Lipinski definition) is 0. The van der Waals surface area contributed by atoms with Gasteiger partial charge in [0.25, 0.3) is 0 Å². The molecular formula is C40H28F12O2. The van der Waals surface area contributed by atoms with Gasteiger partial charge < -0.3 is 9.47 Å². The molecule has 0 N–H and O–H groups in total. The van der Waals surface area contributed by atoms with Gasteiger partial charge in [0.1, 0.15) is 40.4 Å².